The minimum absolute atomic E-state index is 0.456. The van der Waals surface area contributed by atoms with Crippen molar-refractivity contribution in [2.24, 2.45) is 5.92 Å². The third-order valence-corrected chi connectivity index (χ3v) is 4.76. The molecule has 0 spiro atoms. The Kier molecular flexibility index (Phi) is 3.26. The van der Waals surface area contributed by atoms with Crippen molar-refractivity contribution in [3.8, 4) is 11.5 Å². The van der Waals surface area contributed by atoms with Gasteiger partial charge in [-0.15, -0.1) is 0 Å². The minimum atomic E-state index is 0.456. The first-order valence-electron chi connectivity index (χ1n) is 6.67. The number of rotatable bonds is 3. The van der Waals surface area contributed by atoms with Crippen molar-refractivity contribution in [2.75, 3.05) is 12.4 Å². The molecule has 102 valence electrons. The van der Waals surface area contributed by atoms with Gasteiger partial charge in [0.2, 0.25) is 0 Å². The molecule has 0 radical (unpaired) electrons. The summed E-state index contributed by atoms with van der Waals surface area (Å²) in [4.78, 5) is 4.59. The first-order valence-corrected chi connectivity index (χ1v) is 7.44. The molecule has 2 aromatic rings. The van der Waals surface area contributed by atoms with Gasteiger partial charge in [0.1, 0.15) is 5.00 Å². The molecular formula is C13H18N4OS. The summed E-state index contributed by atoms with van der Waals surface area (Å²) in [6.45, 7) is 4.25. The molecule has 2 heterocycles. The average Bonchev–Trinajstić information content (AvgIpc) is 3.07. The molecule has 6 heteroatoms. The normalized spacial score (nSPS) is 22.9. The molecule has 2 unspecified atom stereocenters. The molecule has 1 fully saturated rings. The van der Waals surface area contributed by atoms with E-state index in [2.05, 4.69) is 26.8 Å². The molecule has 0 aromatic carbocycles. The summed E-state index contributed by atoms with van der Waals surface area (Å²) >= 11 is 1.42. The standard InChI is InChI=1S/C13H18N4OS/c1-7-4-5-9(6-7)11-15-12(18-16-11)10-8(2)17-19-13(10)14-3/h7,9,14H,4-6H2,1-3H3. The molecule has 1 N–H and O–H groups in total. The van der Waals surface area contributed by atoms with Gasteiger partial charge in [-0.25, -0.2) is 0 Å². The van der Waals surface area contributed by atoms with Crippen molar-refractivity contribution in [3.05, 3.63) is 11.5 Å². The van der Waals surface area contributed by atoms with Crippen LogP contribution >= 0.6 is 11.5 Å². The highest BCUT2D eigenvalue weighted by Gasteiger charge is 2.28. The Hall–Kier alpha value is -1.43. The fourth-order valence-electron chi connectivity index (χ4n) is 2.74. The lowest BCUT2D eigenvalue weighted by Crippen LogP contribution is -1.96. The van der Waals surface area contributed by atoms with Gasteiger partial charge in [-0.05, 0) is 43.6 Å². The highest BCUT2D eigenvalue weighted by molar-refractivity contribution is 7.10. The van der Waals surface area contributed by atoms with Gasteiger partial charge in [-0.2, -0.15) is 9.36 Å². The lowest BCUT2D eigenvalue weighted by Gasteiger charge is -2.01. The fraction of sp³-hybridized carbons (Fsp3) is 0.615. The maximum Gasteiger partial charge on any atom is 0.262 e. The number of anilines is 1. The monoisotopic (exact) mass is 278 g/mol. The largest absolute Gasteiger partial charge is 0.378 e. The predicted molar refractivity (Wildman–Crippen MR) is 75.4 cm³/mol. The molecule has 19 heavy (non-hydrogen) atoms. The zero-order valence-corrected chi connectivity index (χ0v) is 12.3. The van der Waals surface area contributed by atoms with Crippen LogP contribution in [0.3, 0.4) is 0 Å². The van der Waals surface area contributed by atoms with Crippen LogP contribution in [0.25, 0.3) is 11.5 Å². The molecular weight excluding hydrogens is 260 g/mol. The van der Waals surface area contributed by atoms with Crippen molar-refractivity contribution in [1.29, 1.82) is 0 Å². The number of nitrogens with zero attached hydrogens (tertiary/aromatic N) is 3. The molecule has 0 amide bonds. The van der Waals surface area contributed by atoms with E-state index in [1.807, 2.05) is 14.0 Å². The van der Waals surface area contributed by atoms with E-state index in [0.717, 1.165) is 28.0 Å². The van der Waals surface area contributed by atoms with Crippen molar-refractivity contribution >= 4 is 16.5 Å². The van der Waals surface area contributed by atoms with Crippen LogP contribution in [0.5, 0.6) is 0 Å². The summed E-state index contributed by atoms with van der Waals surface area (Å²) in [5.41, 5.74) is 1.88. The third kappa shape index (κ3) is 2.25. The molecule has 0 saturated heterocycles. The van der Waals surface area contributed by atoms with Crippen LogP contribution in [-0.2, 0) is 0 Å². The molecule has 1 aliphatic carbocycles. The van der Waals surface area contributed by atoms with Crippen molar-refractivity contribution < 1.29 is 4.52 Å². The molecule has 0 aliphatic heterocycles. The van der Waals surface area contributed by atoms with E-state index in [1.165, 1.54) is 30.8 Å². The Morgan fingerprint density at radius 1 is 1.37 bits per heavy atom. The lowest BCUT2D eigenvalue weighted by atomic mass is 10.1. The van der Waals surface area contributed by atoms with Gasteiger partial charge >= 0.3 is 0 Å². The van der Waals surface area contributed by atoms with Gasteiger partial charge in [0.15, 0.2) is 5.82 Å². The van der Waals surface area contributed by atoms with Crippen LogP contribution in [-0.4, -0.2) is 21.6 Å². The van der Waals surface area contributed by atoms with Gasteiger partial charge in [-0.1, -0.05) is 12.1 Å². The van der Waals surface area contributed by atoms with Gasteiger partial charge in [0.25, 0.3) is 5.89 Å². The summed E-state index contributed by atoms with van der Waals surface area (Å²) in [5, 5.41) is 8.28. The van der Waals surface area contributed by atoms with Crippen LogP contribution in [0.4, 0.5) is 5.00 Å². The van der Waals surface area contributed by atoms with Gasteiger partial charge in [-0.3, -0.25) is 0 Å². The maximum absolute atomic E-state index is 5.45. The topological polar surface area (TPSA) is 63.8 Å². The van der Waals surface area contributed by atoms with Crippen molar-refractivity contribution in [1.82, 2.24) is 14.5 Å². The lowest BCUT2D eigenvalue weighted by molar-refractivity contribution is 0.414. The smallest absolute Gasteiger partial charge is 0.262 e. The summed E-state index contributed by atoms with van der Waals surface area (Å²) in [6, 6.07) is 0. The Bertz CT molecular complexity index is 577. The van der Waals surface area contributed by atoms with E-state index in [0.29, 0.717) is 11.8 Å². The summed E-state index contributed by atoms with van der Waals surface area (Å²) in [7, 11) is 1.88. The Balaban J connectivity index is 1.90. The number of hydrogen-bond donors (Lipinski definition) is 1. The van der Waals surface area contributed by atoms with E-state index in [9.17, 15) is 0 Å². The molecule has 0 bridgehead atoms. The van der Waals surface area contributed by atoms with Crippen LogP contribution in [0, 0.1) is 12.8 Å². The SMILES string of the molecule is CNc1snc(C)c1-c1nc(C2CCC(C)C2)no1. The zero-order chi connectivity index (χ0) is 13.4. The van der Waals surface area contributed by atoms with Crippen LogP contribution in [0.2, 0.25) is 0 Å². The molecule has 2 aromatic heterocycles. The Morgan fingerprint density at radius 2 is 2.21 bits per heavy atom. The summed E-state index contributed by atoms with van der Waals surface area (Å²) in [6.07, 6.45) is 3.59. The second kappa shape index (κ2) is 4.92. The van der Waals surface area contributed by atoms with E-state index in [1.54, 1.807) is 0 Å². The number of aromatic nitrogens is 3. The highest BCUT2D eigenvalue weighted by Crippen LogP contribution is 2.38. The average molecular weight is 278 g/mol. The highest BCUT2D eigenvalue weighted by atomic mass is 32.1. The molecule has 5 nitrogen and oxygen atoms in total. The van der Waals surface area contributed by atoms with E-state index >= 15 is 0 Å². The zero-order valence-electron chi connectivity index (χ0n) is 11.4. The molecule has 2 atom stereocenters. The van der Waals surface area contributed by atoms with Gasteiger partial charge in [0, 0.05) is 13.0 Å². The fourth-order valence-corrected chi connectivity index (χ4v) is 3.47. The second-order valence-electron chi connectivity index (χ2n) is 5.29. The molecule has 1 saturated carbocycles. The summed E-state index contributed by atoms with van der Waals surface area (Å²) in [5.74, 6) is 2.67. The molecule has 1 aliphatic rings. The number of hydrogen-bond acceptors (Lipinski definition) is 6. The van der Waals surface area contributed by atoms with Gasteiger partial charge in [0.05, 0.1) is 11.3 Å². The van der Waals surface area contributed by atoms with Gasteiger partial charge < -0.3 is 9.84 Å². The van der Waals surface area contributed by atoms with Crippen molar-refractivity contribution in [3.63, 3.8) is 0 Å². The van der Waals surface area contributed by atoms with Crippen LogP contribution in [0.15, 0.2) is 4.52 Å². The van der Waals surface area contributed by atoms with Crippen LogP contribution < -0.4 is 5.32 Å². The quantitative estimate of drug-likeness (QED) is 0.931. The Labute approximate surface area is 116 Å². The Morgan fingerprint density at radius 3 is 2.89 bits per heavy atom. The first-order chi connectivity index (χ1) is 9.19. The minimum Gasteiger partial charge on any atom is -0.378 e. The third-order valence-electron chi connectivity index (χ3n) is 3.81. The van der Waals surface area contributed by atoms with Crippen molar-refractivity contribution in [2.45, 2.75) is 39.0 Å². The van der Waals surface area contributed by atoms with E-state index in [-0.39, 0.29) is 0 Å². The van der Waals surface area contributed by atoms with Crippen LogP contribution in [0.1, 0.15) is 43.6 Å². The maximum atomic E-state index is 5.45. The van der Waals surface area contributed by atoms with E-state index in [4.69, 9.17) is 4.52 Å². The van der Waals surface area contributed by atoms with E-state index < -0.39 is 0 Å². The molecule has 3 rings (SSSR count). The number of nitrogens with one attached hydrogen (secondary N) is 1. The second-order valence-corrected chi connectivity index (χ2v) is 6.07. The first kappa shape index (κ1) is 12.6. The number of aryl methyl sites for hydroxylation is 1. The predicted octanol–water partition coefficient (Wildman–Crippen LogP) is 3.45. The summed E-state index contributed by atoms with van der Waals surface area (Å²) < 4.78 is 9.78.